The minimum absolute atomic E-state index is 0.0864. The number of ketones is 1. The Bertz CT molecular complexity index is 545. The van der Waals surface area contributed by atoms with Crippen molar-refractivity contribution >= 4 is 16.8 Å². The molecule has 5 nitrogen and oxygen atoms in total. The molecule has 0 atom stereocenters. The van der Waals surface area contributed by atoms with E-state index >= 15 is 0 Å². The van der Waals surface area contributed by atoms with Crippen LogP contribution in [0.5, 0.6) is 5.75 Å². The Labute approximate surface area is 93.0 Å². The zero-order valence-electron chi connectivity index (χ0n) is 9.52. The Balaban J connectivity index is 2.63. The van der Waals surface area contributed by atoms with Gasteiger partial charge in [-0.1, -0.05) is 0 Å². The van der Waals surface area contributed by atoms with Gasteiger partial charge in [0.25, 0.3) is 0 Å². The fourth-order valence-corrected chi connectivity index (χ4v) is 1.75. The van der Waals surface area contributed by atoms with Crippen LogP contribution in [-0.2, 0) is 18.3 Å². The van der Waals surface area contributed by atoms with Crippen molar-refractivity contribution in [2.45, 2.75) is 13.3 Å². The predicted molar refractivity (Wildman–Crippen MR) is 59.4 cm³/mol. The van der Waals surface area contributed by atoms with Gasteiger partial charge in [-0.3, -0.25) is 9.48 Å². The van der Waals surface area contributed by atoms with Crippen molar-refractivity contribution < 1.29 is 9.53 Å². The van der Waals surface area contributed by atoms with Crippen LogP contribution in [0.1, 0.15) is 12.5 Å². The third-order valence-electron chi connectivity index (χ3n) is 2.43. The van der Waals surface area contributed by atoms with Crippen molar-refractivity contribution in [1.82, 2.24) is 14.8 Å². The average Bonchev–Trinajstić information content (AvgIpc) is 2.59. The van der Waals surface area contributed by atoms with Gasteiger partial charge < -0.3 is 4.74 Å². The van der Waals surface area contributed by atoms with Gasteiger partial charge in [0, 0.05) is 25.2 Å². The molecule has 2 aromatic heterocycles. The molecule has 0 radical (unpaired) electrons. The number of carbonyl (C=O) groups is 1. The van der Waals surface area contributed by atoms with Gasteiger partial charge in [-0.05, 0) is 6.92 Å². The lowest BCUT2D eigenvalue weighted by atomic mass is 10.1. The monoisotopic (exact) mass is 219 g/mol. The predicted octanol–water partition coefficient (Wildman–Crippen LogP) is 1.11. The van der Waals surface area contributed by atoms with Crippen molar-refractivity contribution in [1.29, 1.82) is 0 Å². The van der Waals surface area contributed by atoms with E-state index in [0.717, 1.165) is 16.6 Å². The van der Waals surface area contributed by atoms with E-state index in [1.54, 1.807) is 31.1 Å². The molecule has 5 heteroatoms. The number of fused-ring (bicyclic) bond motifs is 1. The normalized spacial score (nSPS) is 10.7. The van der Waals surface area contributed by atoms with Crippen LogP contribution >= 0.6 is 0 Å². The van der Waals surface area contributed by atoms with Gasteiger partial charge in [0.05, 0.1) is 18.7 Å². The molecule has 2 heterocycles. The molecule has 16 heavy (non-hydrogen) atoms. The zero-order chi connectivity index (χ0) is 11.7. The standard InChI is InChI=1S/C11H13N3O2/c1-7(15)4-8-5-12-11-9(10(8)16-3)6-13-14(11)2/h5-6H,4H2,1-3H3. The highest BCUT2D eigenvalue weighted by Crippen LogP contribution is 2.27. The summed E-state index contributed by atoms with van der Waals surface area (Å²) in [6.45, 7) is 1.55. The summed E-state index contributed by atoms with van der Waals surface area (Å²) in [4.78, 5) is 15.4. The smallest absolute Gasteiger partial charge is 0.161 e. The van der Waals surface area contributed by atoms with Crippen LogP contribution in [0.2, 0.25) is 0 Å². The second-order valence-corrected chi connectivity index (χ2v) is 3.70. The number of Topliss-reactive ketones (excluding diaryl/α,β-unsaturated/α-hetero) is 1. The first-order chi connectivity index (χ1) is 7.63. The van der Waals surface area contributed by atoms with Crippen molar-refractivity contribution in [3.63, 3.8) is 0 Å². The number of hydrogen-bond acceptors (Lipinski definition) is 4. The van der Waals surface area contributed by atoms with E-state index in [2.05, 4.69) is 10.1 Å². The van der Waals surface area contributed by atoms with E-state index < -0.39 is 0 Å². The van der Waals surface area contributed by atoms with Crippen LogP contribution in [-0.4, -0.2) is 27.7 Å². The lowest BCUT2D eigenvalue weighted by molar-refractivity contribution is -0.116. The van der Waals surface area contributed by atoms with Crippen LogP contribution in [0.3, 0.4) is 0 Å². The van der Waals surface area contributed by atoms with E-state index in [4.69, 9.17) is 4.74 Å². The number of aryl methyl sites for hydroxylation is 1. The first-order valence-electron chi connectivity index (χ1n) is 4.96. The third kappa shape index (κ3) is 1.64. The van der Waals surface area contributed by atoms with Crippen LogP contribution < -0.4 is 4.74 Å². The van der Waals surface area contributed by atoms with Crippen LogP contribution in [0.15, 0.2) is 12.4 Å². The van der Waals surface area contributed by atoms with Crippen molar-refractivity contribution in [3.8, 4) is 5.75 Å². The molecule has 0 aromatic carbocycles. The van der Waals surface area contributed by atoms with E-state index in [9.17, 15) is 4.79 Å². The lowest BCUT2D eigenvalue weighted by Gasteiger charge is -2.07. The van der Waals surface area contributed by atoms with Crippen LogP contribution in [0, 0.1) is 0 Å². The molecule has 0 aliphatic rings. The highest BCUT2D eigenvalue weighted by Gasteiger charge is 2.13. The Morgan fingerprint density at radius 2 is 2.25 bits per heavy atom. The van der Waals surface area contributed by atoms with Crippen LogP contribution in [0.25, 0.3) is 11.0 Å². The van der Waals surface area contributed by atoms with E-state index in [1.165, 1.54) is 0 Å². The van der Waals surface area contributed by atoms with Crippen LogP contribution in [0.4, 0.5) is 0 Å². The molecule has 2 aromatic rings. The molecule has 0 saturated carbocycles. The van der Waals surface area contributed by atoms with E-state index in [1.807, 2.05) is 7.05 Å². The minimum atomic E-state index is 0.0864. The fraction of sp³-hybridized carbons (Fsp3) is 0.364. The number of aromatic nitrogens is 3. The summed E-state index contributed by atoms with van der Waals surface area (Å²) in [5.41, 5.74) is 1.56. The average molecular weight is 219 g/mol. The number of nitrogens with zero attached hydrogens (tertiary/aromatic N) is 3. The highest BCUT2D eigenvalue weighted by molar-refractivity contribution is 5.86. The van der Waals surface area contributed by atoms with Gasteiger partial charge in [0.2, 0.25) is 0 Å². The second kappa shape index (κ2) is 3.92. The summed E-state index contributed by atoms with van der Waals surface area (Å²) in [7, 11) is 3.41. The maximum absolute atomic E-state index is 11.1. The number of pyridine rings is 1. The molecular weight excluding hydrogens is 206 g/mol. The largest absolute Gasteiger partial charge is 0.496 e. The maximum Gasteiger partial charge on any atom is 0.161 e. The van der Waals surface area contributed by atoms with Crippen molar-refractivity contribution in [2.75, 3.05) is 7.11 Å². The molecule has 0 N–H and O–H groups in total. The maximum atomic E-state index is 11.1. The Hall–Kier alpha value is -1.91. The van der Waals surface area contributed by atoms with Gasteiger partial charge >= 0.3 is 0 Å². The van der Waals surface area contributed by atoms with Gasteiger partial charge in [-0.25, -0.2) is 4.98 Å². The number of rotatable bonds is 3. The summed E-state index contributed by atoms with van der Waals surface area (Å²) >= 11 is 0. The second-order valence-electron chi connectivity index (χ2n) is 3.70. The Morgan fingerprint density at radius 1 is 1.50 bits per heavy atom. The summed E-state index contributed by atoms with van der Waals surface area (Å²) in [5.74, 6) is 0.775. The fourth-order valence-electron chi connectivity index (χ4n) is 1.75. The van der Waals surface area contributed by atoms with Gasteiger partial charge in [0.15, 0.2) is 5.65 Å². The van der Waals surface area contributed by atoms with Gasteiger partial charge in [-0.2, -0.15) is 5.10 Å². The summed E-state index contributed by atoms with van der Waals surface area (Å²) in [6.07, 6.45) is 3.70. The molecule has 2 rings (SSSR count). The molecule has 0 unspecified atom stereocenters. The topological polar surface area (TPSA) is 57.0 Å². The molecule has 0 fully saturated rings. The zero-order valence-corrected chi connectivity index (χ0v) is 9.52. The van der Waals surface area contributed by atoms with Gasteiger partial charge in [0.1, 0.15) is 11.5 Å². The first kappa shape index (κ1) is 10.6. The summed E-state index contributed by atoms with van der Waals surface area (Å²) < 4.78 is 7.00. The molecule has 0 amide bonds. The number of methoxy groups -OCH3 is 1. The van der Waals surface area contributed by atoms with Crippen molar-refractivity contribution in [3.05, 3.63) is 18.0 Å². The molecular formula is C11H13N3O2. The number of carbonyl (C=O) groups excluding carboxylic acids is 1. The Kier molecular flexibility index (Phi) is 2.60. The highest BCUT2D eigenvalue weighted by atomic mass is 16.5. The summed E-state index contributed by atoms with van der Waals surface area (Å²) in [6, 6.07) is 0. The SMILES string of the molecule is COc1c(CC(C)=O)cnc2c1cnn2C. The van der Waals surface area contributed by atoms with Gasteiger partial charge in [-0.15, -0.1) is 0 Å². The quantitative estimate of drug-likeness (QED) is 0.775. The molecule has 0 bridgehead atoms. The molecule has 0 spiro atoms. The lowest BCUT2D eigenvalue weighted by Crippen LogP contribution is -2.01. The third-order valence-corrected chi connectivity index (χ3v) is 2.43. The minimum Gasteiger partial charge on any atom is -0.496 e. The number of ether oxygens (including phenoxy) is 1. The molecule has 84 valence electrons. The van der Waals surface area contributed by atoms with Crippen molar-refractivity contribution in [2.24, 2.45) is 7.05 Å². The number of hydrogen-bond donors (Lipinski definition) is 0. The molecule has 0 aliphatic heterocycles. The Morgan fingerprint density at radius 3 is 2.88 bits per heavy atom. The molecule has 0 aliphatic carbocycles. The first-order valence-corrected chi connectivity index (χ1v) is 4.96. The molecule has 0 saturated heterocycles. The summed E-state index contributed by atoms with van der Waals surface area (Å²) in [5, 5.41) is 4.95. The van der Waals surface area contributed by atoms with E-state index in [0.29, 0.717) is 12.2 Å². The van der Waals surface area contributed by atoms with E-state index in [-0.39, 0.29) is 5.78 Å².